The van der Waals surface area contributed by atoms with Crippen LogP contribution in [0.25, 0.3) is 0 Å². The van der Waals surface area contributed by atoms with E-state index in [2.05, 4.69) is 28.3 Å². The van der Waals surface area contributed by atoms with Crippen LogP contribution in [0.5, 0.6) is 0 Å². The molecule has 0 aromatic heterocycles. The molecule has 1 atom stereocenters. The fourth-order valence-electron chi connectivity index (χ4n) is 3.14. The summed E-state index contributed by atoms with van der Waals surface area (Å²) in [5.74, 6) is 6.92. The Kier molecular flexibility index (Phi) is 5.37. The van der Waals surface area contributed by atoms with Gasteiger partial charge in [0.1, 0.15) is 5.82 Å². The minimum Gasteiger partial charge on any atom is -0.271 e. The molecule has 0 spiro atoms. The van der Waals surface area contributed by atoms with Crippen molar-refractivity contribution >= 4 is 15.9 Å². The average molecular weight is 329 g/mol. The zero-order valence-corrected chi connectivity index (χ0v) is 12.9. The highest BCUT2D eigenvalue weighted by atomic mass is 79.9. The highest BCUT2D eigenvalue weighted by Crippen LogP contribution is 2.38. The largest absolute Gasteiger partial charge is 0.271 e. The lowest BCUT2D eigenvalue weighted by Crippen LogP contribution is -2.35. The number of halogens is 2. The molecule has 0 saturated heterocycles. The van der Waals surface area contributed by atoms with Gasteiger partial charge in [0.25, 0.3) is 0 Å². The fourth-order valence-corrected chi connectivity index (χ4v) is 3.54. The Labute approximate surface area is 123 Å². The molecule has 4 heteroatoms. The van der Waals surface area contributed by atoms with Crippen molar-refractivity contribution < 1.29 is 4.39 Å². The van der Waals surface area contributed by atoms with Crippen LogP contribution in [0.1, 0.15) is 50.6 Å². The molecule has 19 heavy (non-hydrogen) atoms. The summed E-state index contributed by atoms with van der Waals surface area (Å²) in [4.78, 5) is 0. The molecule has 0 aliphatic heterocycles. The van der Waals surface area contributed by atoms with E-state index in [1.165, 1.54) is 38.2 Å². The van der Waals surface area contributed by atoms with Crippen LogP contribution in [0, 0.1) is 17.7 Å². The Morgan fingerprint density at radius 3 is 2.58 bits per heavy atom. The summed E-state index contributed by atoms with van der Waals surface area (Å²) < 4.78 is 13.8. The van der Waals surface area contributed by atoms with Gasteiger partial charge >= 0.3 is 0 Å². The topological polar surface area (TPSA) is 38.0 Å². The van der Waals surface area contributed by atoms with Crippen molar-refractivity contribution in [1.82, 2.24) is 5.43 Å². The van der Waals surface area contributed by atoms with Gasteiger partial charge < -0.3 is 0 Å². The smallest absolute Gasteiger partial charge is 0.137 e. The summed E-state index contributed by atoms with van der Waals surface area (Å²) in [5, 5.41) is 0. The van der Waals surface area contributed by atoms with Crippen LogP contribution in [0.2, 0.25) is 0 Å². The molecule has 2 rings (SSSR count). The molecule has 1 unspecified atom stereocenters. The number of hydrogen-bond acceptors (Lipinski definition) is 2. The van der Waals surface area contributed by atoms with Gasteiger partial charge in [-0.15, -0.1) is 0 Å². The third kappa shape index (κ3) is 3.56. The highest BCUT2D eigenvalue weighted by Gasteiger charge is 2.27. The summed E-state index contributed by atoms with van der Waals surface area (Å²) in [6.45, 7) is 2.26. The maximum atomic E-state index is 13.3. The van der Waals surface area contributed by atoms with Crippen molar-refractivity contribution in [1.29, 1.82) is 0 Å². The molecule has 0 heterocycles. The van der Waals surface area contributed by atoms with Gasteiger partial charge in [0.2, 0.25) is 0 Å². The first-order valence-corrected chi connectivity index (χ1v) is 7.86. The van der Waals surface area contributed by atoms with E-state index in [0.717, 1.165) is 11.5 Å². The summed E-state index contributed by atoms with van der Waals surface area (Å²) in [6.07, 6.45) is 6.23. The minimum absolute atomic E-state index is 0.120. The minimum atomic E-state index is -0.228. The normalized spacial score (nSPS) is 25.3. The van der Waals surface area contributed by atoms with E-state index in [-0.39, 0.29) is 11.9 Å². The number of hydrazine groups is 1. The zero-order chi connectivity index (χ0) is 13.8. The van der Waals surface area contributed by atoms with E-state index in [4.69, 9.17) is 5.84 Å². The standard InChI is InChI=1S/C15H22BrFN2/c1-2-10-3-5-11(6-4-10)15(19-18)12-7-8-14(17)13(16)9-12/h7-11,15,19H,2-6,18H2,1H3. The van der Waals surface area contributed by atoms with Gasteiger partial charge in [-0.1, -0.05) is 32.3 Å². The van der Waals surface area contributed by atoms with Gasteiger partial charge in [0.05, 0.1) is 4.47 Å². The number of hydrogen-bond donors (Lipinski definition) is 2. The van der Waals surface area contributed by atoms with E-state index in [1.807, 2.05) is 12.1 Å². The first-order valence-electron chi connectivity index (χ1n) is 7.06. The van der Waals surface area contributed by atoms with Crippen LogP contribution in [0.3, 0.4) is 0 Å². The van der Waals surface area contributed by atoms with E-state index in [0.29, 0.717) is 10.4 Å². The quantitative estimate of drug-likeness (QED) is 0.638. The molecule has 106 valence electrons. The predicted octanol–water partition coefficient (Wildman–Crippen LogP) is 4.31. The van der Waals surface area contributed by atoms with E-state index in [9.17, 15) is 4.39 Å². The van der Waals surface area contributed by atoms with E-state index < -0.39 is 0 Å². The van der Waals surface area contributed by atoms with Crippen molar-refractivity contribution in [3.8, 4) is 0 Å². The van der Waals surface area contributed by atoms with Crippen LogP contribution < -0.4 is 11.3 Å². The van der Waals surface area contributed by atoms with Crippen LogP contribution in [0.15, 0.2) is 22.7 Å². The van der Waals surface area contributed by atoms with Crippen molar-refractivity contribution in [2.45, 2.75) is 45.1 Å². The molecule has 1 aliphatic carbocycles. The first-order chi connectivity index (χ1) is 9.15. The lowest BCUT2D eigenvalue weighted by molar-refractivity contribution is 0.219. The number of nitrogens with two attached hydrogens (primary N) is 1. The number of nitrogens with one attached hydrogen (secondary N) is 1. The third-order valence-electron chi connectivity index (χ3n) is 4.42. The van der Waals surface area contributed by atoms with Crippen LogP contribution >= 0.6 is 15.9 Å². The van der Waals surface area contributed by atoms with Gasteiger partial charge in [-0.2, -0.15) is 0 Å². The summed E-state index contributed by atoms with van der Waals surface area (Å²) >= 11 is 3.24. The first kappa shape index (κ1) is 14.9. The molecule has 1 saturated carbocycles. The molecule has 2 nitrogen and oxygen atoms in total. The van der Waals surface area contributed by atoms with Crippen molar-refractivity contribution in [3.05, 3.63) is 34.1 Å². The van der Waals surface area contributed by atoms with Gasteiger partial charge in [-0.3, -0.25) is 11.3 Å². The Balaban J connectivity index is 2.09. The van der Waals surface area contributed by atoms with Crippen molar-refractivity contribution in [3.63, 3.8) is 0 Å². The van der Waals surface area contributed by atoms with Crippen molar-refractivity contribution in [2.75, 3.05) is 0 Å². The molecule has 3 N–H and O–H groups in total. The van der Waals surface area contributed by atoms with Gasteiger partial charge in [-0.25, -0.2) is 4.39 Å². The molecule has 1 aliphatic rings. The Hall–Kier alpha value is -0.450. The fraction of sp³-hybridized carbons (Fsp3) is 0.600. The summed E-state index contributed by atoms with van der Waals surface area (Å²) in [7, 11) is 0. The lowest BCUT2D eigenvalue weighted by atomic mass is 9.76. The SMILES string of the molecule is CCC1CCC(C(NN)c2ccc(F)c(Br)c2)CC1. The third-order valence-corrected chi connectivity index (χ3v) is 5.03. The van der Waals surface area contributed by atoms with E-state index in [1.54, 1.807) is 0 Å². The molecule has 1 fully saturated rings. The molecule has 0 amide bonds. The summed E-state index contributed by atoms with van der Waals surface area (Å²) in [6, 6.07) is 5.29. The second kappa shape index (κ2) is 6.82. The maximum absolute atomic E-state index is 13.3. The Morgan fingerprint density at radius 2 is 2.05 bits per heavy atom. The molecule has 0 radical (unpaired) electrons. The van der Waals surface area contributed by atoms with Gasteiger partial charge in [0.15, 0.2) is 0 Å². The Bertz CT molecular complexity index is 417. The second-order valence-electron chi connectivity index (χ2n) is 5.51. The molecule has 0 bridgehead atoms. The molecule has 1 aromatic carbocycles. The molecule has 1 aromatic rings. The van der Waals surface area contributed by atoms with Crippen LogP contribution in [-0.2, 0) is 0 Å². The monoisotopic (exact) mass is 328 g/mol. The predicted molar refractivity (Wildman–Crippen MR) is 79.9 cm³/mol. The molecular formula is C15H22BrFN2. The van der Waals surface area contributed by atoms with Gasteiger partial charge in [0, 0.05) is 6.04 Å². The second-order valence-corrected chi connectivity index (χ2v) is 6.36. The number of rotatable bonds is 4. The molecular weight excluding hydrogens is 307 g/mol. The highest BCUT2D eigenvalue weighted by molar-refractivity contribution is 9.10. The van der Waals surface area contributed by atoms with Gasteiger partial charge in [-0.05, 0) is 58.3 Å². The lowest BCUT2D eigenvalue weighted by Gasteiger charge is -2.33. The summed E-state index contributed by atoms with van der Waals surface area (Å²) in [5.41, 5.74) is 3.99. The maximum Gasteiger partial charge on any atom is 0.137 e. The van der Waals surface area contributed by atoms with E-state index >= 15 is 0 Å². The number of benzene rings is 1. The van der Waals surface area contributed by atoms with Crippen molar-refractivity contribution in [2.24, 2.45) is 17.7 Å². The zero-order valence-electron chi connectivity index (χ0n) is 11.3. The average Bonchev–Trinajstić information content (AvgIpc) is 2.44. The van der Waals surface area contributed by atoms with Crippen LogP contribution in [-0.4, -0.2) is 0 Å². The Morgan fingerprint density at radius 1 is 1.37 bits per heavy atom. The van der Waals surface area contributed by atoms with Crippen LogP contribution in [0.4, 0.5) is 4.39 Å².